The van der Waals surface area contributed by atoms with E-state index >= 15 is 0 Å². The highest BCUT2D eigenvalue weighted by Gasteiger charge is 2.26. The SMILES string of the molecule is Cc1ccc(S(C)(=O)=O)cc1NC(=O)C(=O)N[C@@H]1CCc2ccccc21. The number of hydrogen-bond acceptors (Lipinski definition) is 4. The summed E-state index contributed by atoms with van der Waals surface area (Å²) in [4.78, 5) is 24.6. The molecule has 7 heteroatoms. The van der Waals surface area contributed by atoms with Gasteiger partial charge in [-0.1, -0.05) is 30.3 Å². The fraction of sp³-hybridized carbons (Fsp3) is 0.263. The molecule has 1 atom stereocenters. The Kier molecular flexibility index (Phi) is 4.82. The van der Waals surface area contributed by atoms with Crippen LogP contribution in [0.2, 0.25) is 0 Å². The third kappa shape index (κ3) is 3.77. The molecular weight excluding hydrogens is 352 g/mol. The number of amides is 2. The summed E-state index contributed by atoms with van der Waals surface area (Å²) in [6.07, 6.45) is 2.70. The van der Waals surface area contributed by atoms with Crippen LogP contribution in [0, 0.1) is 6.92 Å². The van der Waals surface area contributed by atoms with E-state index in [4.69, 9.17) is 0 Å². The van der Waals surface area contributed by atoms with E-state index in [9.17, 15) is 18.0 Å². The van der Waals surface area contributed by atoms with Gasteiger partial charge in [-0.05, 0) is 48.6 Å². The molecule has 1 aliphatic rings. The minimum Gasteiger partial charge on any atom is -0.341 e. The summed E-state index contributed by atoms with van der Waals surface area (Å²) in [5.41, 5.74) is 3.18. The second-order valence-electron chi connectivity index (χ2n) is 6.47. The number of aryl methyl sites for hydroxylation is 2. The normalized spacial score (nSPS) is 16.0. The van der Waals surface area contributed by atoms with Crippen LogP contribution in [0.5, 0.6) is 0 Å². The lowest BCUT2D eigenvalue weighted by Gasteiger charge is -2.15. The zero-order valence-corrected chi connectivity index (χ0v) is 15.4. The van der Waals surface area contributed by atoms with Crippen molar-refractivity contribution in [2.24, 2.45) is 0 Å². The average molecular weight is 372 g/mol. The van der Waals surface area contributed by atoms with E-state index in [2.05, 4.69) is 10.6 Å². The summed E-state index contributed by atoms with van der Waals surface area (Å²) in [6, 6.07) is 12.1. The second-order valence-corrected chi connectivity index (χ2v) is 8.48. The molecule has 3 rings (SSSR count). The Morgan fingerprint density at radius 3 is 2.54 bits per heavy atom. The van der Waals surface area contributed by atoms with E-state index in [0.29, 0.717) is 11.3 Å². The maximum atomic E-state index is 12.3. The van der Waals surface area contributed by atoms with Crippen molar-refractivity contribution in [2.75, 3.05) is 11.6 Å². The number of anilines is 1. The third-order valence-electron chi connectivity index (χ3n) is 4.53. The molecule has 0 saturated heterocycles. The Morgan fingerprint density at radius 2 is 1.81 bits per heavy atom. The fourth-order valence-corrected chi connectivity index (χ4v) is 3.72. The summed E-state index contributed by atoms with van der Waals surface area (Å²) >= 11 is 0. The first-order chi connectivity index (χ1) is 12.3. The van der Waals surface area contributed by atoms with Crippen LogP contribution >= 0.6 is 0 Å². The van der Waals surface area contributed by atoms with E-state index in [1.807, 2.05) is 24.3 Å². The Morgan fingerprint density at radius 1 is 1.08 bits per heavy atom. The molecule has 0 aromatic heterocycles. The van der Waals surface area contributed by atoms with Gasteiger partial charge in [0.25, 0.3) is 0 Å². The number of sulfone groups is 1. The molecule has 2 N–H and O–H groups in total. The van der Waals surface area contributed by atoms with Crippen LogP contribution in [-0.4, -0.2) is 26.5 Å². The number of hydrogen-bond donors (Lipinski definition) is 2. The van der Waals surface area contributed by atoms with Crippen molar-refractivity contribution in [2.45, 2.75) is 30.7 Å². The van der Waals surface area contributed by atoms with E-state index in [1.54, 1.807) is 13.0 Å². The molecule has 0 spiro atoms. The summed E-state index contributed by atoms with van der Waals surface area (Å²) in [5.74, 6) is -1.56. The van der Waals surface area contributed by atoms with Crippen LogP contribution in [0.15, 0.2) is 47.4 Å². The number of benzene rings is 2. The predicted molar refractivity (Wildman–Crippen MR) is 98.6 cm³/mol. The van der Waals surface area contributed by atoms with Crippen LogP contribution in [0.25, 0.3) is 0 Å². The molecule has 2 aromatic carbocycles. The van der Waals surface area contributed by atoms with Gasteiger partial charge in [0.1, 0.15) is 0 Å². The molecule has 0 radical (unpaired) electrons. The Hall–Kier alpha value is -2.67. The monoisotopic (exact) mass is 372 g/mol. The van der Waals surface area contributed by atoms with E-state index < -0.39 is 21.7 Å². The van der Waals surface area contributed by atoms with Gasteiger partial charge in [-0.2, -0.15) is 0 Å². The van der Waals surface area contributed by atoms with Gasteiger partial charge in [0, 0.05) is 11.9 Å². The molecule has 6 nitrogen and oxygen atoms in total. The zero-order valence-electron chi connectivity index (χ0n) is 14.6. The minimum atomic E-state index is -3.40. The highest BCUT2D eigenvalue weighted by molar-refractivity contribution is 7.90. The number of carbonyl (C=O) groups is 2. The smallest absolute Gasteiger partial charge is 0.313 e. The summed E-state index contributed by atoms with van der Waals surface area (Å²) < 4.78 is 23.3. The van der Waals surface area contributed by atoms with Gasteiger partial charge in [0.2, 0.25) is 0 Å². The molecule has 136 valence electrons. The molecule has 2 amide bonds. The largest absolute Gasteiger partial charge is 0.341 e. The van der Waals surface area contributed by atoms with Crippen molar-refractivity contribution < 1.29 is 18.0 Å². The van der Waals surface area contributed by atoms with Crippen molar-refractivity contribution >= 4 is 27.3 Å². The van der Waals surface area contributed by atoms with Crippen molar-refractivity contribution in [1.29, 1.82) is 0 Å². The summed E-state index contributed by atoms with van der Waals surface area (Å²) in [6.45, 7) is 1.73. The van der Waals surface area contributed by atoms with E-state index in [-0.39, 0.29) is 10.9 Å². The predicted octanol–water partition coefficient (Wildman–Crippen LogP) is 2.14. The fourth-order valence-electron chi connectivity index (χ4n) is 3.08. The van der Waals surface area contributed by atoms with E-state index in [1.165, 1.54) is 17.7 Å². The highest BCUT2D eigenvalue weighted by Crippen LogP contribution is 2.30. The van der Waals surface area contributed by atoms with Gasteiger partial charge in [0.15, 0.2) is 9.84 Å². The van der Waals surface area contributed by atoms with Gasteiger partial charge >= 0.3 is 11.8 Å². The highest BCUT2D eigenvalue weighted by atomic mass is 32.2. The summed E-state index contributed by atoms with van der Waals surface area (Å²) in [5, 5.41) is 5.26. The molecule has 0 heterocycles. The van der Waals surface area contributed by atoms with Gasteiger partial charge in [-0.25, -0.2) is 8.42 Å². The Bertz CT molecular complexity index is 983. The van der Waals surface area contributed by atoms with Crippen LogP contribution < -0.4 is 10.6 Å². The van der Waals surface area contributed by atoms with Crippen molar-refractivity contribution in [3.8, 4) is 0 Å². The number of carbonyl (C=O) groups excluding carboxylic acids is 2. The van der Waals surface area contributed by atoms with Crippen LogP contribution in [0.1, 0.15) is 29.2 Å². The molecule has 0 aliphatic heterocycles. The molecule has 26 heavy (non-hydrogen) atoms. The van der Waals surface area contributed by atoms with Crippen molar-refractivity contribution in [3.05, 3.63) is 59.2 Å². The average Bonchev–Trinajstić information content (AvgIpc) is 2.99. The van der Waals surface area contributed by atoms with E-state index in [0.717, 1.165) is 24.7 Å². The molecule has 0 fully saturated rings. The lowest BCUT2D eigenvalue weighted by Crippen LogP contribution is -2.37. The maximum Gasteiger partial charge on any atom is 0.313 e. The topological polar surface area (TPSA) is 92.3 Å². The Labute approximate surface area is 152 Å². The molecule has 0 saturated carbocycles. The summed E-state index contributed by atoms with van der Waals surface area (Å²) in [7, 11) is -3.40. The maximum absolute atomic E-state index is 12.3. The first-order valence-corrected chi connectivity index (χ1v) is 10.1. The molecule has 1 aliphatic carbocycles. The second kappa shape index (κ2) is 6.92. The van der Waals surface area contributed by atoms with Crippen LogP contribution in [-0.2, 0) is 25.8 Å². The number of rotatable bonds is 3. The standard InChI is InChI=1S/C19H20N2O4S/c1-12-7-9-14(26(2,24)25)11-17(12)21-19(23)18(22)20-16-10-8-13-5-3-4-6-15(13)16/h3-7,9,11,16H,8,10H2,1-2H3,(H,20,22)(H,21,23)/t16-/m1/s1. The molecule has 0 bridgehead atoms. The van der Waals surface area contributed by atoms with Crippen LogP contribution in [0.4, 0.5) is 5.69 Å². The quantitative estimate of drug-likeness (QED) is 0.808. The molecular formula is C19H20N2O4S. The first-order valence-electron chi connectivity index (χ1n) is 8.26. The van der Waals surface area contributed by atoms with Crippen LogP contribution in [0.3, 0.4) is 0 Å². The van der Waals surface area contributed by atoms with Gasteiger partial charge in [-0.15, -0.1) is 0 Å². The lowest BCUT2D eigenvalue weighted by molar-refractivity contribution is -0.136. The number of nitrogens with one attached hydrogen (secondary N) is 2. The van der Waals surface area contributed by atoms with Crippen molar-refractivity contribution in [3.63, 3.8) is 0 Å². The van der Waals surface area contributed by atoms with Gasteiger partial charge < -0.3 is 10.6 Å². The Balaban J connectivity index is 1.72. The van der Waals surface area contributed by atoms with Crippen molar-refractivity contribution in [1.82, 2.24) is 5.32 Å². The lowest BCUT2D eigenvalue weighted by atomic mass is 10.1. The molecule has 0 unspecified atom stereocenters. The zero-order chi connectivity index (χ0) is 18.9. The van der Waals surface area contributed by atoms with Gasteiger partial charge in [-0.3, -0.25) is 9.59 Å². The first kappa shape index (κ1) is 18.1. The van der Waals surface area contributed by atoms with Gasteiger partial charge in [0.05, 0.1) is 10.9 Å². The minimum absolute atomic E-state index is 0.0866. The third-order valence-corrected chi connectivity index (χ3v) is 5.64. The molecule has 2 aromatic rings. The number of fused-ring (bicyclic) bond motifs is 1.